The number of aryl methyl sites for hydroxylation is 1. The zero-order valence-electron chi connectivity index (χ0n) is 11.8. The van der Waals surface area contributed by atoms with Gasteiger partial charge in [0.1, 0.15) is 0 Å². The molecule has 0 bridgehead atoms. The van der Waals surface area contributed by atoms with Gasteiger partial charge in [0.05, 0.1) is 7.11 Å². The molecule has 0 aliphatic carbocycles. The molecule has 7 heteroatoms. The number of hydrogen-bond acceptors (Lipinski definition) is 7. The fourth-order valence-corrected chi connectivity index (χ4v) is 1.79. The third-order valence-electron chi connectivity index (χ3n) is 2.92. The van der Waals surface area contributed by atoms with Gasteiger partial charge < -0.3 is 9.64 Å². The summed E-state index contributed by atoms with van der Waals surface area (Å²) in [6, 6.07) is 8.40. The predicted octanol–water partition coefficient (Wildman–Crippen LogP) is 1.11. The minimum Gasteiger partial charge on any atom is -0.467 e. The topological polar surface area (TPSA) is 89.2 Å². The number of rotatable bonds is 5. The molecule has 0 unspecified atom stereocenters. The largest absolute Gasteiger partial charge is 0.467 e. The Morgan fingerprint density at radius 2 is 2.00 bits per heavy atom. The molecular formula is C13H18N6O. The number of ether oxygens (including phenoxy) is 1. The van der Waals surface area contributed by atoms with E-state index in [1.54, 1.807) is 0 Å². The first kappa shape index (κ1) is 14.0. The van der Waals surface area contributed by atoms with E-state index in [-0.39, 0.29) is 12.0 Å². The highest BCUT2D eigenvalue weighted by Gasteiger charge is 2.11. The summed E-state index contributed by atoms with van der Waals surface area (Å²) in [7, 11) is 3.41. The number of nitrogens with zero attached hydrogens (tertiary/aromatic N) is 4. The van der Waals surface area contributed by atoms with Gasteiger partial charge in [-0.25, -0.2) is 5.84 Å². The fourth-order valence-electron chi connectivity index (χ4n) is 1.79. The lowest BCUT2D eigenvalue weighted by Crippen LogP contribution is -2.22. The molecule has 0 spiro atoms. The molecule has 0 aliphatic rings. The number of hydrogen-bond donors (Lipinski definition) is 2. The molecule has 0 radical (unpaired) electrons. The van der Waals surface area contributed by atoms with E-state index >= 15 is 0 Å². The molecule has 1 aromatic carbocycles. The Hall–Kier alpha value is -2.41. The summed E-state index contributed by atoms with van der Waals surface area (Å²) >= 11 is 0. The second-order valence-corrected chi connectivity index (χ2v) is 4.37. The van der Waals surface area contributed by atoms with Gasteiger partial charge in [-0.3, -0.25) is 5.43 Å². The molecule has 7 nitrogen and oxygen atoms in total. The van der Waals surface area contributed by atoms with Crippen molar-refractivity contribution in [1.82, 2.24) is 15.0 Å². The van der Waals surface area contributed by atoms with Crippen LogP contribution in [0, 0.1) is 6.92 Å². The third-order valence-corrected chi connectivity index (χ3v) is 2.92. The Kier molecular flexibility index (Phi) is 4.31. The van der Waals surface area contributed by atoms with Crippen molar-refractivity contribution in [2.24, 2.45) is 5.84 Å². The van der Waals surface area contributed by atoms with Gasteiger partial charge in [0.2, 0.25) is 11.9 Å². The summed E-state index contributed by atoms with van der Waals surface area (Å²) in [5.41, 5.74) is 4.83. The van der Waals surface area contributed by atoms with Crippen molar-refractivity contribution >= 4 is 11.9 Å². The smallest absolute Gasteiger partial charge is 0.322 e. The maximum absolute atomic E-state index is 5.34. The van der Waals surface area contributed by atoms with Crippen LogP contribution in [-0.4, -0.2) is 29.1 Å². The van der Waals surface area contributed by atoms with E-state index in [9.17, 15) is 0 Å². The van der Waals surface area contributed by atoms with Crippen LogP contribution < -0.4 is 20.9 Å². The highest BCUT2D eigenvalue weighted by atomic mass is 16.5. The molecule has 0 saturated heterocycles. The number of hydrazine groups is 1. The Balaban J connectivity index is 2.24. The Morgan fingerprint density at radius 3 is 2.65 bits per heavy atom. The molecule has 2 aromatic rings. The monoisotopic (exact) mass is 274 g/mol. The first-order chi connectivity index (χ1) is 9.63. The SMILES string of the molecule is COc1nc(NN)nc(N(C)Cc2ccccc2C)n1. The Bertz CT molecular complexity index is 567. The van der Waals surface area contributed by atoms with Crippen LogP contribution in [0.15, 0.2) is 24.3 Å². The minimum atomic E-state index is 0.222. The summed E-state index contributed by atoms with van der Waals surface area (Å²) < 4.78 is 5.04. The normalized spacial score (nSPS) is 10.2. The van der Waals surface area contributed by atoms with Crippen LogP contribution in [0.25, 0.3) is 0 Å². The van der Waals surface area contributed by atoms with Crippen LogP contribution in [0.1, 0.15) is 11.1 Å². The second-order valence-electron chi connectivity index (χ2n) is 4.37. The molecular weight excluding hydrogens is 256 g/mol. The Labute approximate surface area is 117 Å². The number of nitrogens with two attached hydrogens (primary N) is 1. The predicted molar refractivity (Wildman–Crippen MR) is 77.5 cm³/mol. The van der Waals surface area contributed by atoms with Gasteiger partial charge in [-0.05, 0) is 18.1 Å². The number of aromatic nitrogens is 3. The van der Waals surface area contributed by atoms with Gasteiger partial charge in [0.15, 0.2) is 0 Å². The zero-order valence-corrected chi connectivity index (χ0v) is 11.8. The van der Waals surface area contributed by atoms with Crippen LogP contribution in [0.4, 0.5) is 11.9 Å². The van der Waals surface area contributed by atoms with Crippen LogP contribution >= 0.6 is 0 Å². The van der Waals surface area contributed by atoms with Crippen molar-refractivity contribution in [2.75, 3.05) is 24.5 Å². The molecule has 1 aromatic heterocycles. The van der Waals surface area contributed by atoms with E-state index in [0.717, 1.165) is 0 Å². The first-order valence-electron chi connectivity index (χ1n) is 6.16. The maximum atomic E-state index is 5.34. The number of benzene rings is 1. The number of methoxy groups -OCH3 is 1. The lowest BCUT2D eigenvalue weighted by Gasteiger charge is -2.19. The van der Waals surface area contributed by atoms with E-state index in [1.807, 2.05) is 24.1 Å². The summed E-state index contributed by atoms with van der Waals surface area (Å²) in [6.45, 7) is 2.76. The van der Waals surface area contributed by atoms with Crippen molar-refractivity contribution < 1.29 is 4.74 Å². The highest BCUT2D eigenvalue weighted by Crippen LogP contribution is 2.16. The van der Waals surface area contributed by atoms with E-state index < -0.39 is 0 Å². The van der Waals surface area contributed by atoms with E-state index in [0.29, 0.717) is 12.5 Å². The fraction of sp³-hybridized carbons (Fsp3) is 0.308. The quantitative estimate of drug-likeness (QED) is 0.623. The zero-order chi connectivity index (χ0) is 14.5. The molecule has 106 valence electrons. The van der Waals surface area contributed by atoms with Crippen LogP contribution in [0.3, 0.4) is 0 Å². The summed E-state index contributed by atoms with van der Waals surface area (Å²) in [5.74, 6) is 6.10. The average molecular weight is 274 g/mol. The summed E-state index contributed by atoms with van der Waals surface area (Å²) in [5, 5.41) is 0. The second kappa shape index (κ2) is 6.16. The molecule has 20 heavy (non-hydrogen) atoms. The number of anilines is 2. The Morgan fingerprint density at radius 1 is 1.25 bits per heavy atom. The van der Waals surface area contributed by atoms with Gasteiger partial charge in [0.25, 0.3) is 0 Å². The molecule has 3 N–H and O–H groups in total. The van der Waals surface area contributed by atoms with Gasteiger partial charge in [-0.15, -0.1) is 0 Å². The molecule has 0 atom stereocenters. The van der Waals surface area contributed by atoms with Crippen molar-refractivity contribution in [2.45, 2.75) is 13.5 Å². The summed E-state index contributed by atoms with van der Waals surface area (Å²) in [6.07, 6.45) is 0. The molecule has 0 saturated carbocycles. The first-order valence-corrected chi connectivity index (χ1v) is 6.16. The van der Waals surface area contributed by atoms with Crippen LogP contribution in [0.2, 0.25) is 0 Å². The summed E-state index contributed by atoms with van der Waals surface area (Å²) in [4.78, 5) is 14.3. The van der Waals surface area contributed by atoms with E-state index in [1.165, 1.54) is 18.2 Å². The minimum absolute atomic E-state index is 0.222. The van der Waals surface area contributed by atoms with E-state index in [2.05, 4.69) is 39.4 Å². The van der Waals surface area contributed by atoms with Crippen molar-refractivity contribution in [1.29, 1.82) is 0 Å². The molecule has 0 amide bonds. The lowest BCUT2D eigenvalue weighted by atomic mass is 10.1. The van der Waals surface area contributed by atoms with Gasteiger partial charge in [0, 0.05) is 13.6 Å². The average Bonchev–Trinajstić information content (AvgIpc) is 2.48. The van der Waals surface area contributed by atoms with Crippen LogP contribution in [0.5, 0.6) is 6.01 Å². The van der Waals surface area contributed by atoms with Gasteiger partial charge in [-0.1, -0.05) is 24.3 Å². The molecule has 0 fully saturated rings. The van der Waals surface area contributed by atoms with Gasteiger partial charge >= 0.3 is 6.01 Å². The van der Waals surface area contributed by atoms with Crippen molar-refractivity contribution in [3.63, 3.8) is 0 Å². The maximum Gasteiger partial charge on any atom is 0.322 e. The standard InChI is InChI=1S/C13H18N6O/c1-9-6-4-5-7-10(9)8-19(2)12-15-11(18-14)16-13(17-12)20-3/h4-7H,8,14H2,1-3H3,(H,15,16,17,18). The van der Waals surface area contributed by atoms with Crippen LogP contribution in [-0.2, 0) is 6.54 Å². The number of nitrogen functional groups attached to an aromatic ring is 1. The lowest BCUT2D eigenvalue weighted by molar-refractivity contribution is 0.379. The van der Waals surface area contributed by atoms with Crippen molar-refractivity contribution in [3.8, 4) is 6.01 Å². The highest BCUT2D eigenvalue weighted by molar-refractivity contribution is 5.39. The third kappa shape index (κ3) is 3.12. The van der Waals surface area contributed by atoms with E-state index in [4.69, 9.17) is 10.6 Å². The number of nitrogens with one attached hydrogen (secondary N) is 1. The van der Waals surface area contributed by atoms with Gasteiger partial charge in [-0.2, -0.15) is 15.0 Å². The molecule has 1 heterocycles. The van der Waals surface area contributed by atoms with Crippen molar-refractivity contribution in [3.05, 3.63) is 35.4 Å². The molecule has 2 rings (SSSR count). The molecule has 0 aliphatic heterocycles.